The average molecular weight is 583 g/mol. The maximum Gasteiger partial charge on any atom is 0.305 e. The lowest BCUT2D eigenvalue weighted by Crippen LogP contribution is -2.22. The number of carbonyl (C=O) groups excluding carboxylic acids is 4. The average Bonchev–Trinajstić information content (AvgIpc) is 2.94. The third kappa shape index (κ3) is 6.13. The van der Waals surface area contributed by atoms with E-state index < -0.39 is 11.6 Å². The Morgan fingerprint density at radius 1 is 0.725 bits per heavy atom. The first-order chi connectivity index (χ1) is 19.3. The monoisotopic (exact) mass is 582 g/mol. The lowest BCUT2D eigenvalue weighted by atomic mass is 9.81. The van der Waals surface area contributed by atoms with Crippen molar-refractivity contribution in [1.82, 2.24) is 0 Å². The van der Waals surface area contributed by atoms with Crippen LogP contribution in [0.3, 0.4) is 0 Å². The highest BCUT2D eigenvalue weighted by atomic mass is 32.2. The predicted molar refractivity (Wildman–Crippen MR) is 154 cm³/mol. The fraction of sp³-hybridized carbons (Fsp3) is 0.333. The zero-order valence-corrected chi connectivity index (χ0v) is 23.9. The quantitative estimate of drug-likeness (QED) is 0.0902. The summed E-state index contributed by atoms with van der Waals surface area (Å²) in [5.41, 5.74) is -0.124. The van der Waals surface area contributed by atoms with E-state index in [-0.39, 0.29) is 69.3 Å². The summed E-state index contributed by atoms with van der Waals surface area (Å²) >= 11 is 2.90. The molecule has 0 radical (unpaired) electrons. The summed E-state index contributed by atoms with van der Waals surface area (Å²) in [6.45, 7) is 4.14. The molecule has 0 spiro atoms. The van der Waals surface area contributed by atoms with Crippen LogP contribution in [0.5, 0.6) is 11.5 Å². The van der Waals surface area contributed by atoms with E-state index >= 15 is 0 Å². The summed E-state index contributed by atoms with van der Waals surface area (Å²) in [4.78, 5) is 52.3. The van der Waals surface area contributed by atoms with Crippen LogP contribution in [0.2, 0.25) is 0 Å². The van der Waals surface area contributed by atoms with Crippen molar-refractivity contribution in [3.8, 4) is 11.5 Å². The maximum absolute atomic E-state index is 13.7. The normalized spacial score (nSPS) is 12.2. The van der Waals surface area contributed by atoms with Crippen molar-refractivity contribution >= 4 is 57.8 Å². The van der Waals surface area contributed by atoms with Crippen molar-refractivity contribution in [2.75, 3.05) is 24.7 Å². The molecule has 0 saturated carbocycles. The van der Waals surface area contributed by atoms with Crippen LogP contribution in [0.1, 0.15) is 71.4 Å². The van der Waals surface area contributed by atoms with Crippen LogP contribution in [0, 0.1) is 0 Å². The minimum absolute atomic E-state index is 0.145. The molecule has 0 saturated heterocycles. The number of fused-ring (bicyclic) bond motifs is 3. The molecule has 40 heavy (non-hydrogen) atoms. The van der Waals surface area contributed by atoms with Crippen molar-refractivity contribution in [2.45, 2.75) is 49.3 Å². The second-order valence-corrected chi connectivity index (χ2v) is 11.3. The summed E-state index contributed by atoms with van der Waals surface area (Å²) in [7, 11) is 0. The van der Waals surface area contributed by atoms with Gasteiger partial charge in [-0.3, -0.25) is 19.2 Å². The number of ketones is 2. The van der Waals surface area contributed by atoms with Crippen LogP contribution in [-0.4, -0.2) is 58.4 Å². The highest BCUT2D eigenvalue weighted by molar-refractivity contribution is 8.02. The number of ether oxygens (including phenoxy) is 2. The largest absolute Gasteiger partial charge is 0.506 e. The number of aromatic hydroxyl groups is 2. The number of hydrogen-bond acceptors (Lipinski definition) is 10. The molecule has 0 bridgehead atoms. The molecule has 2 N–H and O–H groups in total. The molecule has 0 aromatic heterocycles. The highest BCUT2D eigenvalue weighted by Gasteiger charge is 2.37. The van der Waals surface area contributed by atoms with Gasteiger partial charge in [-0.2, -0.15) is 0 Å². The number of rotatable bonds is 12. The van der Waals surface area contributed by atoms with Gasteiger partial charge >= 0.3 is 11.9 Å². The number of phenolic OH excluding ortho intramolecular Hbond substituents is 2. The smallest absolute Gasteiger partial charge is 0.305 e. The molecule has 3 aromatic rings. The van der Waals surface area contributed by atoms with Gasteiger partial charge in [0.1, 0.15) is 11.5 Å². The molecular formula is C30H30O8S2. The van der Waals surface area contributed by atoms with Gasteiger partial charge in [-0.05, 0) is 50.3 Å². The maximum atomic E-state index is 13.7. The molecule has 10 heteroatoms. The molecule has 1 aliphatic carbocycles. The zero-order chi connectivity index (χ0) is 28.8. The molecular weight excluding hydrogens is 552 g/mol. The molecule has 0 aliphatic heterocycles. The number of esters is 2. The van der Waals surface area contributed by atoms with E-state index in [1.54, 1.807) is 50.2 Å². The van der Waals surface area contributed by atoms with Crippen LogP contribution in [-0.2, 0) is 19.1 Å². The van der Waals surface area contributed by atoms with Gasteiger partial charge in [0.25, 0.3) is 0 Å². The Labute approximate surface area is 240 Å². The van der Waals surface area contributed by atoms with Gasteiger partial charge in [-0.1, -0.05) is 24.3 Å². The second kappa shape index (κ2) is 13.2. The van der Waals surface area contributed by atoms with Crippen molar-refractivity contribution < 1.29 is 38.9 Å². The van der Waals surface area contributed by atoms with Crippen molar-refractivity contribution in [3.05, 3.63) is 58.7 Å². The minimum Gasteiger partial charge on any atom is -0.506 e. The number of phenols is 2. The Hall–Kier alpha value is -3.50. The van der Waals surface area contributed by atoms with E-state index in [1.165, 1.54) is 23.5 Å². The first-order valence-electron chi connectivity index (χ1n) is 13.1. The van der Waals surface area contributed by atoms with Crippen LogP contribution < -0.4 is 0 Å². The van der Waals surface area contributed by atoms with E-state index in [1.807, 2.05) is 0 Å². The molecule has 3 aromatic carbocycles. The van der Waals surface area contributed by atoms with Crippen molar-refractivity contribution in [1.29, 1.82) is 0 Å². The van der Waals surface area contributed by atoms with Crippen LogP contribution in [0.4, 0.5) is 0 Å². The Bertz CT molecular complexity index is 1370. The first kappa shape index (κ1) is 29.5. The van der Waals surface area contributed by atoms with Gasteiger partial charge in [0, 0.05) is 44.5 Å². The van der Waals surface area contributed by atoms with Gasteiger partial charge in [-0.15, -0.1) is 23.5 Å². The number of benzene rings is 3. The fourth-order valence-corrected chi connectivity index (χ4v) is 6.71. The minimum atomic E-state index is -0.546. The molecule has 0 amide bonds. The summed E-state index contributed by atoms with van der Waals surface area (Å²) in [5.74, 6) is -1.18. The Balaban J connectivity index is 1.67. The van der Waals surface area contributed by atoms with Crippen molar-refractivity contribution in [2.24, 2.45) is 0 Å². The van der Waals surface area contributed by atoms with Gasteiger partial charge < -0.3 is 19.7 Å². The molecule has 0 fully saturated rings. The van der Waals surface area contributed by atoms with Gasteiger partial charge in [0.15, 0.2) is 11.6 Å². The molecule has 210 valence electrons. The third-order valence-corrected chi connectivity index (χ3v) is 8.78. The first-order valence-corrected chi connectivity index (χ1v) is 15.1. The molecule has 0 heterocycles. The molecule has 4 rings (SSSR count). The number of hydrogen-bond donors (Lipinski definition) is 2. The molecule has 0 unspecified atom stereocenters. The highest BCUT2D eigenvalue weighted by Crippen LogP contribution is 2.46. The van der Waals surface area contributed by atoms with E-state index in [0.29, 0.717) is 37.6 Å². The topological polar surface area (TPSA) is 127 Å². The van der Waals surface area contributed by atoms with E-state index in [4.69, 9.17) is 9.47 Å². The number of carbonyl (C=O) groups is 4. The SMILES string of the molecule is CCOC(=O)CCCSc1cc2c(cc1SCCCC(=O)OCC)C(=O)c1c(c(O)c3ccccc3c1O)C2=O. The number of thioether (sulfide) groups is 2. The van der Waals surface area contributed by atoms with Crippen LogP contribution >= 0.6 is 23.5 Å². The fourth-order valence-electron chi connectivity index (χ4n) is 4.54. The summed E-state index contributed by atoms with van der Waals surface area (Å²) in [5, 5.41) is 22.5. The summed E-state index contributed by atoms with van der Waals surface area (Å²) in [6, 6.07) is 9.80. The Morgan fingerprint density at radius 2 is 1.12 bits per heavy atom. The third-order valence-electron chi connectivity index (χ3n) is 6.36. The van der Waals surface area contributed by atoms with Gasteiger partial charge in [0.05, 0.1) is 24.3 Å². The summed E-state index contributed by atoms with van der Waals surface area (Å²) in [6.07, 6.45) is 1.64. The molecule has 0 atom stereocenters. The summed E-state index contributed by atoms with van der Waals surface area (Å²) < 4.78 is 9.98. The van der Waals surface area contributed by atoms with Crippen molar-refractivity contribution in [3.63, 3.8) is 0 Å². The van der Waals surface area contributed by atoms with E-state index in [9.17, 15) is 29.4 Å². The lowest BCUT2D eigenvalue weighted by molar-refractivity contribution is -0.144. The standard InChI is InChI=1S/C30H30O8S2/c1-3-37-23(31)11-7-13-39-21-15-19-20(16-22(21)40-14-8-12-24(32)38-4-2)30(36)26-25(29(19)35)27(33)17-9-5-6-10-18(17)28(26)34/h5-6,9-10,15-16,33-34H,3-4,7-8,11-14H2,1-2H3. The Morgan fingerprint density at radius 3 is 1.50 bits per heavy atom. The molecule has 1 aliphatic rings. The van der Waals surface area contributed by atoms with Gasteiger partial charge in [0.2, 0.25) is 0 Å². The van der Waals surface area contributed by atoms with E-state index in [0.717, 1.165) is 9.79 Å². The van der Waals surface area contributed by atoms with Gasteiger partial charge in [-0.25, -0.2) is 0 Å². The zero-order valence-electron chi connectivity index (χ0n) is 22.3. The molecule has 8 nitrogen and oxygen atoms in total. The van der Waals surface area contributed by atoms with Crippen LogP contribution in [0.25, 0.3) is 10.8 Å². The van der Waals surface area contributed by atoms with Crippen LogP contribution in [0.15, 0.2) is 46.2 Å². The predicted octanol–water partition coefficient (Wildman–Crippen LogP) is 5.90. The Kier molecular flexibility index (Phi) is 9.76. The lowest BCUT2D eigenvalue weighted by Gasteiger charge is -2.23. The van der Waals surface area contributed by atoms with E-state index in [2.05, 4.69) is 0 Å². The second-order valence-electron chi connectivity index (χ2n) is 9.01.